The second kappa shape index (κ2) is 6.69. The van der Waals surface area contributed by atoms with E-state index in [0.29, 0.717) is 29.5 Å². The number of rotatable bonds is 5. The number of Topliss-reactive ketones (excluding diaryl/α,β-unsaturated/α-hetero) is 1. The molecule has 4 bridgehead atoms. The molecule has 0 aromatic heterocycles. The van der Waals surface area contributed by atoms with Crippen LogP contribution in [-0.4, -0.2) is 34.5 Å². The van der Waals surface area contributed by atoms with Crippen LogP contribution in [0.3, 0.4) is 0 Å². The molecule has 4 aliphatic rings. The van der Waals surface area contributed by atoms with Crippen molar-refractivity contribution in [2.75, 3.05) is 5.32 Å². The van der Waals surface area contributed by atoms with Gasteiger partial charge in [0.05, 0.1) is 16.7 Å². The second-order valence-electron chi connectivity index (χ2n) is 9.10. The highest BCUT2D eigenvalue weighted by Crippen LogP contribution is 2.62. The lowest BCUT2D eigenvalue weighted by Crippen LogP contribution is -2.59. The molecule has 1 aromatic carbocycles. The van der Waals surface area contributed by atoms with E-state index in [9.17, 15) is 19.5 Å². The van der Waals surface area contributed by atoms with Crippen LogP contribution < -0.4 is 5.32 Å². The Morgan fingerprint density at radius 1 is 1.14 bits per heavy atom. The molecule has 4 saturated carbocycles. The number of benzene rings is 1. The fourth-order valence-corrected chi connectivity index (χ4v) is 5.93. The van der Waals surface area contributed by atoms with Gasteiger partial charge in [-0.2, -0.15) is 0 Å². The van der Waals surface area contributed by atoms with E-state index in [1.165, 1.54) is 6.92 Å². The first-order valence-corrected chi connectivity index (χ1v) is 10.0. The van der Waals surface area contributed by atoms with Gasteiger partial charge in [0.25, 0.3) is 5.91 Å². The number of anilines is 1. The van der Waals surface area contributed by atoms with E-state index in [4.69, 9.17) is 4.74 Å². The summed E-state index contributed by atoms with van der Waals surface area (Å²) >= 11 is 0. The van der Waals surface area contributed by atoms with Crippen molar-refractivity contribution in [2.24, 2.45) is 17.3 Å². The number of amides is 1. The number of esters is 1. The summed E-state index contributed by atoms with van der Waals surface area (Å²) < 4.78 is 5.57. The van der Waals surface area contributed by atoms with Gasteiger partial charge >= 0.3 is 5.97 Å². The molecule has 0 heterocycles. The van der Waals surface area contributed by atoms with Crippen molar-refractivity contribution >= 4 is 23.3 Å². The van der Waals surface area contributed by atoms with Crippen LogP contribution in [0.4, 0.5) is 5.69 Å². The van der Waals surface area contributed by atoms with Crippen molar-refractivity contribution in [2.45, 2.75) is 64.1 Å². The molecule has 1 aromatic rings. The van der Waals surface area contributed by atoms with Crippen molar-refractivity contribution in [3.8, 4) is 0 Å². The molecule has 5 atom stereocenters. The highest BCUT2D eigenvalue weighted by molar-refractivity contribution is 6.04. The minimum Gasteiger partial charge on any atom is -0.452 e. The lowest BCUT2D eigenvalue weighted by atomic mass is 9.48. The quantitative estimate of drug-likeness (QED) is 0.600. The molecule has 0 spiro atoms. The van der Waals surface area contributed by atoms with Gasteiger partial charge in [-0.05, 0) is 76.3 Å². The first kappa shape index (κ1) is 19.1. The standard InChI is InChI=1S/C22H27NO5/c1-13(24)17-5-3-4-6-18(17)23-19(25)14(2)28-20(26)21-8-15-7-16(9-21)11-22(27,10-15)12-21/h3-6,14-16,27H,7-12H2,1-2H3,(H,23,25)/t14-,15-,16+,21?,22?/m0/s1. The molecule has 6 nitrogen and oxygen atoms in total. The van der Waals surface area contributed by atoms with Gasteiger partial charge in [-0.25, -0.2) is 0 Å². The summed E-state index contributed by atoms with van der Waals surface area (Å²) in [6.45, 7) is 2.98. The Balaban J connectivity index is 1.44. The van der Waals surface area contributed by atoms with Gasteiger partial charge in [-0.15, -0.1) is 0 Å². The highest BCUT2D eigenvalue weighted by atomic mass is 16.5. The Labute approximate surface area is 164 Å². The number of aliphatic hydroxyl groups is 1. The zero-order chi connectivity index (χ0) is 20.1. The maximum Gasteiger partial charge on any atom is 0.312 e. The number of ether oxygens (including phenoxy) is 1. The number of carbonyl (C=O) groups is 3. The smallest absolute Gasteiger partial charge is 0.312 e. The predicted octanol–water partition coefficient (Wildman–Crippen LogP) is 3.09. The van der Waals surface area contributed by atoms with E-state index in [1.54, 1.807) is 31.2 Å². The number of carbonyl (C=O) groups excluding carboxylic acids is 3. The zero-order valence-corrected chi connectivity index (χ0v) is 16.4. The van der Waals surface area contributed by atoms with E-state index in [0.717, 1.165) is 32.1 Å². The zero-order valence-electron chi connectivity index (χ0n) is 16.4. The summed E-state index contributed by atoms with van der Waals surface area (Å²) in [6.07, 6.45) is 3.57. The molecule has 4 fully saturated rings. The van der Waals surface area contributed by atoms with E-state index >= 15 is 0 Å². The average Bonchev–Trinajstić information content (AvgIpc) is 2.59. The Morgan fingerprint density at radius 3 is 2.39 bits per heavy atom. The summed E-state index contributed by atoms with van der Waals surface area (Å²) in [5.41, 5.74) is -0.593. The van der Waals surface area contributed by atoms with Crippen LogP contribution in [0.5, 0.6) is 0 Å². The van der Waals surface area contributed by atoms with Gasteiger partial charge in [0.15, 0.2) is 11.9 Å². The van der Waals surface area contributed by atoms with Crippen LogP contribution in [0.25, 0.3) is 0 Å². The first-order valence-electron chi connectivity index (χ1n) is 10.0. The van der Waals surface area contributed by atoms with Gasteiger partial charge in [0, 0.05) is 5.56 Å². The van der Waals surface area contributed by atoms with Crippen LogP contribution in [-0.2, 0) is 14.3 Å². The third-order valence-electron chi connectivity index (χ3n) is 6.68. The number of nitrogens with one attached hydrogen (secondary N) is 1. The molecular formula is C22H27NO5. The van der Waals surface area contributed by atoms with E-state index < -0.39 is 23.0 Å². The normalized spacial score (nSPS) is 34.0. The Hall–Kier alpha value is -2.21. The van der Waals surface area contributed by atoms with Crippen molar-refractivity contribution in [1.29, 1.82) is 0 Å². The maximum absolute atomic E-state index is 13.0. The first-order chi connectivity index (χ1) is 13.2. The van der Waals surface area contributed by atoms with Crippen LogP contribution in [0, 0.1) is 17.3 Å². The van der Waals surface area contributed by atoms with E-state index in [-0.39, 0.29) is 11.8 Å². The topological polar surface area (TPSA) is 92.7 Å². The van der Waals surface area contributed by atoms with Gasteiger partial charge in [-0.3, -0.25) is 14.4 Å². The molecule has 0 saturated heterocycles. The van der Waals surface area contributed by atoms with Crippen LogP contribution >= 0.6 is 0 Å². The third kappa shape index (κ3) is 3.34. The fourth-order valence-electron chi connectivity index (χ4n) is 5.93. The largest absolute Gasteiger partial charge is 0.452 e. The maximum atomic E-state index is 13.0. The van der Waals surface area contributed by atoms with Gasteiger partial charge < -0.3 is 15.2 Å². The van der Waals surface area contributed by atoms with Gasteiger partial charge in [-0.1, -0.05) is 12.1 Å². The molecular weight excluding hydrogens is 358 g/mol. The fraction of sp³-hybridized carbons (Fsp3) is 0.591. The van der Waals surface area contributed by atoms with Crippen molar-refractivity contribution in [1.82, 2.24) is 0 Å². The Morgan fingerprint density at radius 2 is 1.79 bits per heavy atom. The van der Waals surface area contributed by atoms with Gasteiger partial charge in [0.2, 0.25) is 0 Å². The van der Waals surface area contributed by atoms with Crippen LogP contribution in [0.15, 0.2) is 24.3 Å². The lowest BCUT2D eigenvalue weighted by Gasteiger charge is -2.58. The summed E-state index contributed by atoms with van der Waals surface area (Å²) in [5.74, 6) is -0.258. The summed E-state index contributed by atoms with van der Waals surface area (Å²) in [4.78, 5) is 37.3. The Kier molecular flexibility index (Phi) is 4.57. The molecule has 28 heavy (non-hydrogen) atoms. The molecule has 5 rings (SSSR count). The van der Waals surface area contributed by atoms with Crippen LogP contribution in [0.2, 0.25) is 0 Å². The summed E-state index contributed by atoms with van der Waals surface area (Å²) in [7, 11) is 0. The highest BCUT2D eigenvalue weighted by Gasteiger charge is 2.61. The van der Waals surface area contributed by atoms with Gasteiger partial charge in [0.1, 0.15) is 0 Å². The lowest BCUT2D eigenvalue weighted by molar-refractivity contribution is -0.199. The summed E-state index contributed by atoms with van der Waals surface area (Å²) in [5, 5.41) is 13.5. The van der Waals surface area contributed by atoms with Crippen molar-refractivity contribution < 1.29 is 24.2 Å². The molecule has 6 heteroatoms. The molecule has 4 aliphatic carbocycles. The molecule has 1 amide bonds. The summed E-state index contributed by atoms with van der Waals surface area (Å²) in [6, 6.07) is 6.75. The van der Waals surface area contributed by atoms with Crippen molar-refractivity contribution in [3.63, 3.8) is 0 Å². The molecule has 2 N–H and O–H groups in total. The molecule has 0 radical (unpaired) electrons. The second-order valence-corrected chi connectivity index (χ2v) is 9.10. The molecule has 0 aliphatic heterocycles. The van der Waals surface area contributed by atoms with Crippen molar-refractivity contribution in [3.05, 3.63) is 29.8 Å². The molecule has 150 valence electrons. The monoisotopic (exact) mass is 385 g/mol. The predicted molar refractivity (Wildman–Crippen MR) is 103 cm³/mol. The SMILES string of the molecule is CC(=O)c1ccccc1NC(=O)[C@H](C)OC(=O)C12C[C@@H]3C[C@@H](CC(O)(C3)C1)C2. The van der Waals surface area contributed by atoms with E-state index in [1.807, 2.05) is 0 Å². The number of hydrogen-bond acceptors (Lipinski definition) is 5. The third-order valence-corrected chi connectivity index (χ3v) is 6.68. The minimum absolute atomic E-state index is 0.151. The average molecular weight is 385 g/mol. The number of para-hydroxylation sites is 1. The Bertz CT molecular complexity index is 818. The molecule has 2 unspecified atom stereocenters. The van der Waals surface area contributed by atoms with E-state index in [2.05, 4.69) is 5.32 Å². The number of ketones is 1. The minimum atomic E-state index is -0.977. The van der Waals surface area contributed by atoms with Crippen LogP contribution in [0.1, 0.15) is 62.7 Å². The number of hydrogen-bond donors (Lipinski definition) is 2.